The maximum absolute atomic E-state index is 6.04. The smallest absolute Gasteiger partial charge is 0.122 e. The Kier molecular flexibility index (Phi) is 4.83. The number of hydrogen-bond donors (Lipinski definition) is 1. The van der Waals surface area contributed by atoms with Gasteiger partial charge in [0.2, 0.25) is 0 Å². The van der Waals surface area contributed by atoms with Crippen molar-refractivity contribution >= 4 is 0 Å². The van der Waals surface area contributed by atoms with Crippen molar-refractivity contribution in [3.63, 3.8) is 0 Å². The lowest BCUT2D eigenvalue weighted by atomic mass is 9.95. The molecule has 0 spiro atoms. The average Bonchev–Trinajstić information content (AvgIpc) is 2.39. The summed E-state index contributed by atoms with van der Waals surface area (Å²) in [4.78, 5) is 2.58. The minimum Gasteiger partial charge on any atom is -0.496 e. The van der Waals surface area contributed by atoms with Crippen LogP contribution in [0.4, 0.5) is 0 Å². The van der Waals surface area contributed by atoms with E-state index in [1.54, 1.807) is 7.11 Å². The maximum atomic E-state index is 6.04. The molecule has 19 heavy (non-hydrogen) atoms. The third-order valence-electron chi connectivity index (χ3n) is 4.24. The number of ether oxygens (including phenoxy) is 1. The van der Waals surface area contributed by atoms with Crippen LogP contribution in [0.2, 0.25) is 0 Å². The summed E-state index contributed by atoms with van der Waals surface area (Å²) in [7, 11) is 1.74. The summed E-state index contributed by atoms with van der Waals surface area (Å²) in [5, 5.41) is 0. The Labute approximate surface area is 116 Å². The van der Waals surface area contributed by atoms with Gasteiger partial charge in [0.25, 0.3) is 0 Å². The van der Waals surface area contributed by atoms with E-state index < -0.39 is 0 Å². The van der Waals surface area contributed by atoms with Crippen LogP contribution in [-0.2, 0) is 6.42 Å². The molecule has 3 unspecified atom stereocenters. The van der Waals surface area contributed by atoms with E-state index in [4.69, 9.17) is 10.5 Å². The highest BCUT2D eigenvalue weighted by Gasteiger charge is 2.27. The van der Waals surface area contributed by atoms with Gasteiger partial charge in [-0.15, -0.1) is 0 Å². The van der Waals surface area contributed by atoms with Crippen molar-refractivity contribution in [2.24, 2.45) is 5.73 Å². The molecule has 0 bridgehead atoms. The van der Waals surface area contributed by atoms with Gasteiger partial charge in [-0.3, -0.25) is 4.90 Å². The summed E-state index contributed by atoms with van der Waals surface area (Å²) in [6.07, 6.45) is 3.25. The molecule has 106 valence electrons. The molecule has 1 aliphatic rings. The van der Waals surface area contributed by atoms with E-state index in [1.165, 1.54) is 5.56 Å². The Balaban J connectivity index is 2.02. The highest BCUT2D eigenvalue weighted by atomic mass is 16.5. The fraction of sp³-hybridized carbons (Fsp3) is 0.625. The largest absolute Gasteiger partial charge is 0.496 e. The summed E-state index contributed by atoms with van der Waals surface area (Å²) in [6.45, 7) is 5.70. The molecule has 3 nitrogen and oxygen atoms in total. The highest BCUT2D eigenvalue weighted by molar-refractivity contribution is 5.33. The van der Waals surface area contributed by atoms with Gasteiger partial charge in [-0.25, -0.2) is 0 Å². The average molecular weight is 262 g/mol. The molecule has 3 heteroatoms. The molecule has 0 amide bonds. The fourth-order valence-electron chi connectivity index (χ4n) is 3.19. The number of piperidine rings is 1. The first-order valence-corrected chi connectivity index (χ1v) is 7.25. The van der Waals surface area contributed by atoms with E-state index >= 15 is 0 Å². The molecule has 2 rings (SSSR count). The molecule has 1 aromatic rings. The third-order valence-corrected chi connectivity index (χ3v) is 4.24. The van der Waals surface area contributed by atoms with Crippen LogP contribution < -0.4 is 10.5 Å². The number of hydrogen-bond acceptors (Lipinski definition) is 3. The Morgan fingerprint density at radius 1 is 1.42 bits per heavy atom. The van der Waals surface area contributed by atoms with E-state index in [1.807, 2.05) is 12.1 Å². The highest BCUT2D eigenvalue weighted by Crippen LogP contribution is 2.24. The van der Waals surface area contributed by atoms with Gasteiger partial charge in [0.1, 0.15) is 5.75 Å². The lowest BCUT2D eigenvalue weighted by Gasteiger charge is -2.40. The van der Waals surface area contributed by atoms with Crippen molar-refractivity contribution in [3.8, 4) is 5.75 Å². The molecule has 0 saturated carbocycles. The molecule has 0 radical (unpaired) electrons. The first kappa shape index (κ1) is 14.4. The number of likely N-dealkylation sites (tertiary alicyclic amines) is 1. The van der Waals surface area contributed by atoms with Crippen LogP contribution in [0, 0.1) is 0 Å². The van der Waals surface area contributed by atoms with Gasteiger partial charge in [-0.2, -0.15) is 0 Å². The van der Waals surface area contributed by atoms with Gasteiger partial charge in [-0.1, -0.05) is 18.2 Å². The molecular weight excluding hydrogens is 236 g/mol. The third kappa shape index (κ3) is 3.48. The van der Waals surface area contributed by atoms with Gasteiger partial charge in [0.15, 0.2) is 0 Å². The molecule has 0 aliphatic carbocycles. The molecule has 2 N–H and O–H groups in total. The molecule has 0 aromatic heterocycles. The standard InChI is InChI=1S/C16H26N2O/c1-12(18-9-8-15(17)11-13(18)2)10-14-6-4-5-7-16(14)19-3/h4-7,12-13,15H,8-11,17H2,1-3H3. The zero-order valence-corrected chi connectivity index (χ0v) is 12.3. The SMILES string of the molecule is COc1ccccc1CC(C)N1CCC(N)CC1C. The number of rotatable bonds is 4. The Morgan fingerprint density at radius 3 is 2.84 bits per heavy atom. The summed E-state index contributed by atoms with van der Waals surface area (Å²) in [5.41, 5.74) is 7.33. The lowest BCUT2D eigenvalue weighted by molar-refractivity contribution is 0.104. The van der Waals surface area contributed by atoms with E-state index in [9.17, 15) is 0 Å². The van der Waals surface area contributed by atoms with Crippen molar-refractivity contribution in [1.82, 2.24) is 4.90 Å². The fourth-order valence-corrected chi connectivity index (χ4v) is 3.19. The lowest BCUT2D eigenvalue weighted by Crippen LogP contribution is -2.49. The number of benzene rings is 1. The predicted octanol–water partition coefficient (Wildman–Crippen LogP) is 2.44. The maximum Gasteiger partial charge on any atom is 0.122 e. The molecular formula is C16H26N2O. The minimum absolute atomic E-state index is 0.379. The van der Waals surface area contributed by atoms with Crippen molar-refractivity contribution in [1.29, 1.82) is 0 Å². The monoisotopic (exact) mass is 262 g/mol. The summed E-state index contributed by atoms with van der Waals surface area (Å²) in [5.74, 6) is 0.996. The zero-order valence-electron chi connectivity index (χ0n) is 12.3. The second-order valence-corrected chi connectivity index (χ2v) is 5.74. The Bertz CT molecular complexity index is 407. The molecule has 1 saturated heterocycles. The van der Waals surface area contributed by atoms with Crippen LogP contribution in [0.1, 0.15) is 32.3 Å². The number of methoxy groups -OCH3 is 1. The normalized spacial score (nSPS) is 26.1. The van der Waals surface area contributed by atoms with E-state index in [2.05, 4.69) is 30.9 Å². The van der Waals surface area contributed by atoms with Crippen LogP contribution in [-0.4, -0.2) is 36.7 Å². The summed E-state index contributed by atoms with van der Waals surface area (Å²) >= 11 is 0. The van der Waals surface area contributed by atoms with Gasteiger partial charge >= 0.3 is 0 Å². The van der Waals surface area contributed by atoms with Crippen LogP contribution in [0.3, 0.4) is 0 Å². The first-order chi connectivity index (χ1) is 9.11. The molecule has 1 aromatic carbocycles. The van der Waals surface area contributed by atoms with Crippen molar-refractivity contribution in [2.75, 3.05) is 13.7 Å². The topological polar surface area (TPSA) is 38.5 Å². The quantitative estimate of drug-likeness (QED) is 0.906. The Hall–Kier alpha value is -1.06. The second-order valence-electron chi connectivity index (χ2n) is 5.74. The van der Waals surface area contributed by atoms with E-state index in [0.29, 0.717) is 18.1 Å². The first-order valence-electron chi connectivity index (χ1n) is 7.25. The van der Waals surface area contributed by atoms with Gasteiger partial charge in [0.05, 0.1) is 7.11 Å². The molecule has 1 aliphatic heterocycles. The molecule has 1 heterocycles. The number of para-hydroxylation sites is 1. The number of nitrogens with two attached hydrogens (primary N) is 1. The number of nitrogens with zero attached hydrogens (tertiary/aromatic N) is 1. The van der Waals surface area contributed by atoms with Crippen LogP contribution in [0.25, 0.3) is 0 Å². The Morgan fingerprint density at radius 2 is 2.16 bits per heavy atom. The van der Waals surface area contributed by atoms with E-state index in [-0.39, 0.29) is 0 Å². The van der Waals surface area contributed by atoms with Crippen molar-refractivity contribution in [3.05, 3.63) is 29.8 Å². The molecule has 1 fully saturated rings. The van der Waals surface area contributed by atoms with Crippen LogP contribution in [0.15, 0.2) is 24.3 Å². The van der Waals surface area contributed by atoms with Crippen LogP contribution >= 0.6 is 0 Å². The minimum atomic E-state index is 0.379. The van der Waals surface area contributed by atoms with E-state index in [0.717, 1.165) is 31.6 Å². The van der Waals surface area contributed by atoms with Gasteiger partial charge in [-0.05, 0) is 44.7 Å². The van der Waals surface area contributed by atoms with Crippen molar-refractivity contribution < 1.29 is 4.74 Å². The summed E-state index contributed by atoms with van der Waals surface area (Å²) in [6, 6.07) is 9.79. The van der Waals surface area contributed by atoms with Crippen molar-refractivity contribution in [2.45, 2.75) is 51.2 Å². The summed E-state index contributed by atoms with van der Waals surface area (Å²) < 4.78 is 5.44. The predicted molar refractivity (Wildman–Crippen MR) is 79.5 cm³/mol. The van der Waals surface area contributed by atoms with Crippen LogP contribution in [0.5, 0.6) is 5.75 Å². The van der Waals surface area contributed by atoms with Gasteiger partial charge < -0.3 is 10.5 Å². The molecule has 3 atom stereocenters. The zero-order chi connectivity index (χ0) is 13.8. The van der Waals surface area contributed by atoms with Gasteiger partial charge in [0, 0.05) is 24.7 Å². The second kappa shape index (κ2) is 6.40.